The molecule has 0 aliphatic rings. The van der Waals surface area contributed by atoms with Crippen molar-refractivity contribution in [1.82, 2.24) is 15.1 Å². The summed E-state index contributed by atoms with van der Waals surface area (Å²) >= 11 is 0. The van der Waals surface area contributed by atoms with Gasteiger partial charge >= 0.3 is 0 Å². The molecule has 1 heterocycles. The van der Waals surface area contributed by atoms with Crippen molar-refractivity contribution < 1.29 is 9.53 Å². The first-order valence-corrected chi connectivity index (χ1v) is 8.12. The predicted molar refractivity (Wildman–Crippen MR) is 91.7 cm³/mol. The van der Waals surface area contributed by atoms with Gasteiger partial charge in [0, 0.05) is 19.2 Å². The van der Waals surface area contributed by atoms with Crippen LogP contribution in [-0.2, 0) is 7.05 Å². The lowest BCUT2D eigenvalue weighted by Crippen LogP contribution is -2.26. The van der Waals surface area contributed by atoms with Crippen molar-refractivity contribution >= 4 is 5.91 Å². The molecule has 0 unspecified atom stereocenters. The van der Waals surface area contributed by atoms with Crippen molar-refractivity contribution in [3.05, 3.63) is 36.0 Å². The summed E-state index contributed by atoms with van der Waals surface area (Å²) in [4.78, 5) is 12.3. The fourth-order valence-corrected chi connectivity index (χ4v) is 2.43. The zero-order valence-electron chi connectivity index (χ0n) is 14.1. The van der Waals surface area contributed by atoms with Crippen LogP contribution in [0.3, 0.4) is 0 Å². The first-order chi connectivity index (χ1) is 11.2. The van der Waals surface area contributed by atoms with Crippen LogP contribution in [0.1, 0.15) is 43.1 Å². The molecule has 0 aliphatic heterocycles. The molecular formula is C18H25N3O2. The number of aromatic nitrogens is 2. The monoisotopic (exact) mass is 315 g/mol. The van der Waals surface area contributed by atoms with E-state index in [4.69, 9.17) is 4.74 Å². The Bertz CT molecular complexity index is 632. The molecule has 0 saturated heterocycles. The van der Waals surface area contributed by atoms with Crippen LogP contribution in [0.15, 0.2) is 30.3 Å². The van der Waals surface area contributed by atoms with Gasteiger partial charge < -0.3 is 10.1 Å². The molecule has 1 N–H and O–H groups in total. The number of carbonyl (C=O) groups is 1. The molecule has 1 amide bonds. The third-order valence-electron chi connectivity index (χ3n) is 3.81. The lowest BCUT2D eigenvalue weighted by molar-refractivity contribution is 0.0943. The van der Waals surface area contributed by atoms with E-state index in [2.05, 4.69) is 17.3 Å². The fraction of sp³-hybridized carbons (Fsp3) is 0.444. The number of rotatable bonds is 8. The van der Waals surface area contributed by atoms with Gasteiger partial charge in [-0.15, -0.1) is 0 Å². The van der Waals surface area contributed by atoms with Crippen molar-refractivity contribution in [2.24, 2.45) is 7.05 Å². The number of ether oxygens (including phenoxy) is 1. The van der Waals surface area contributed by atoms with Crippen LogP contribution in [0.25, 0.3) is 11.3 Å². The normalized spacial score (nSPS) is 10.6. The summed E-state index contributed by atoms with van der Waals surface area (Å²) in [5, 5.41) is 7.39. The van der Waals surface area contributed by atoms with E-state index in [-0.39, 0.29) is 5.91 Å². The van der Waals surface area contributed by atoms with Crippen LogP contribution in [0, 0.1) is 0 Å². The topological polar surface area (TPSA) is 56.1 Å². The zero-order valence-corrected chi connectivity index (χ0v) is 14.1. The molecule has 0 bridgehead atoms. The van der Waals surface area contributed by atoms with E-state index in [1.54, 1.807) is 18.8 Å². The Balaban J connectivity index is 2.00. The predicted octanol–water partition coefficient (Wildman–Crippen LogP) is 3.41. The van der Waals surface area contributed by atoms with Gasteiger partial charge in [0.05, 0.1) is 12.8 Å². The molecular weight excluding hydrogens is 290 g/mol. The summed E-state index contributed by atoms with van der Waals surface area (Å²) in [6, 6.07) is 9.47. The van der Waals surface area contributed by atoms with E-state index < -0.39 is 0 Å². The first-order valence-electron chi connectivity index (χ1n) is 8.12. The fourth-order valence-electron chi connectivity index (χ4n) is 2.43. The molecule has 2 rings (SSSR count). The van der Waals surface area contributed by atoms with E-state index in [1.807, 2.05) is 30.3 Å². The van der Waals surface area contributed by atoms with Gasteiger partial charge in [-0.1, -0.05) is 26.2 Å². The number of methoxy groups -OCH3 is 1. The van der Waals surface area contributed by atoms with E-state index in [0.29, 0.717) is 12.2 Å². The number of unbranched alkanes of at least 4 members (excludes halogenated alkanes) is 3. The van der Waals surface area contributed by atoms with E-state index in [1.165, 1.54) is 12.8 Å². The summed E-state index contributed by atoms with van der Waals surface area (Å²) in [5.74, 6) is 0.728. The van der Waals surface area contributed by atoms with Crippen LogP contribution in [0.4, 0.5) is 0 Å². The number of carbonyl (C=O) groups excluding carboxylic acids is 1. The zero-order chi connectivity index (χ0) is 16.7. The summed E-state index contributed by atoms with van der Waals surface area (Å²) < 4.78 is 6.78. The Kier molecular flexibility index (Phi) is 6.20. The molecule has 5 heteroatoms. The van der Waals surface area contributed by atoms with Crippen LogP contribution >= 0.6 is 0 Å². The number of nitrogens with zero attached hydrogens (tertiary/aromatic N) is 2. The second kappa shape index (κ2) is 8.36. The third-order valence-corrected chi connectivity index (χ3v) is 3.81. The Morgan fingerprint density at radius 3 is 2.61 bits per heavy atom. The Morgan fingerprint density at radius 1 is 1.22 bits per heavy atom. The van der Waals surface area contributed by atoms with E-state index >= 15 is 0 Å². The van der Waals surface area contributed by atoms with Crippen LogP contribution in [-0.4, -0.2) is 29.3 Å². The highest BCUT2D eigenvalue weighted by atomic mass is 16.5. The molecule has 23 heavy (non-hydrogen) atoms. The summed E-state index contributed by atoms with van der Waals surface area (Å²) in [6.45, 7) is 2.89. The smallest absolute Gasteiger partial charge is 0.269 e. The van der Waals surface area contributed by atoms with Crippen LogP contribution < -0.4 is 10.1 Å². The molecule has 0 saturated carbocycles. The number of hydrogen-bond acceptors (Lipinski definition) is 3. The van der Waals surface area contributed by atoms with Gasteiger partial charge in [-0.25, -0.2) is 0 Å². The maximum atomic E-state index is 12.3. The molecule has 0 spiro atoms. The molecule has 2 aromatic rings. The van der Waals surface area contributed by atoms with Gasteiger partial charge in [0.2, 0.25) is 0 Å². The Labute approximate surface area is 137 Å². The second-order valence-corrected chi connectivity index (χ2v) is 5.58. The average Bonchev–Trinajstić information content (AvgIpc) is 2.96. The number of benzene rings is 1. The van der Waals surface area contributed by atoms with Crippen LogP contribution in [0.5, 0.6) is 5.75 Å². The molecule has 0 atom stereocenters. The quantitative estimate of drug-likeness (QED) is 0.760. The second-order valence-electron chi connectivity index (χ2n) is 5.58. The number of nitrogens with one attached hydrogen (secondary N) is 1. The summed E-state index contributed by atoms with van der Waals surface area (Å²) in [7, 11) is 3.43. The highest BCUT2D eigenvalue weighted by Gasteiger charge is 2.13. The minimum Gasteiger partial charge on any atom is -0.497 e. The first kappa shape index (κ1) is 17.1. The third kappa shape index (κ3) is 4.58. The number of amides is 1. The van der Waals surface area contributed by atoms with Gasteiger partial charge in [0.15, 0.2) is 0 Å². The van der Waals surface area contributed by atoms with Crippen molar-refractivity contribution in [1.29, 1.82) is 0 Å². The SMILES string of the molecule is CCCCCCNC(=O)c1cc(-c2ccc(OC)cc2)nn1C. The molecule has 1 aromatic heterocycles. The molecule has 0 fully saturated rings. The largest absolute Gasteiger partial charge is 0.497 e. The highest BCUT2D eigenvalue weighted by molar-refractivity contribution is 5.93. The minimum atomic E-state index is -0.0729. The maximum absolute atomic E-state index is 12.3. The van der Waals surface area contributed by atoms with Gasteiger partial charge in [0.25, 0.3) is 5.91 Å². The number of hydrogen-bond donors (Lipinski definition) is 1. The van der Waals surface area contributed by atoms with Gasteiger partial charge in [-0.2, -0.15) is 5.10 Å². The lowest BCUT2D eigenvalue weighted by atomic mass is 10.1. The van der Waals surface area contributed by atoms with Crippen molar-refractivity contribution in [3.63, 3.8) is 0 Å². The standard InChI is InChI=1S/C18H25N3O2/c1-4-5-6-7-12-19-18(22)17-13-16(20-21(17)2)14-8-10-15(23-3)11-9-14/h8-11,13H,4-7,12H2,1-3H3,(H,19,22). The van der Waals surface area contributed by atoms with Crippen molar-refractivity contribution in [3.8, 4) is 17.0 Å². The number of aryl methyl sites for hydroxylation is 1. The summed E-state index contributed by atoms with van der Waals surface area (Å²) in [5.41, 5.74) is 2.32. The molecule has 5 nitrogen and oxygen atoms in total. The van der Waals surface area contributed by atoms with Gasteiger partial charge in [-0.3, -0.25) is 9.48 Å². The van der Waals surface area contributed by atoms with Crippen molar-refractivity contribution in [2.75, 3.05) is 13.7 Å². The van der Waals surface area contributed by atoms with E-state index in [0.717, 1.165) is 29.8 Å². The molecule has 0 radical (unpaired) electrons. The van der Waals surface area contributed by atoms with E-state index in [9.17, 15) is 4.79 Å². The van der Waals surface area contributed by atoms with Crippen molar-refractivity contribution in [2.45, 2.75) is 32.6 Å². The van der Waals surface area contributed by atoms with Crippen LogP contribution in [0.2, 0.25) is 0 Å². The molecule has 0 aliphatic carbocycles. The lowest BCUT2D eigenvalue weighted by Gasteiger charge is -2.04. The van der Waals surface area contributed by atoms with Gasteiger partial charge in [0.1, 0.15) is 11.4 Å². The van der Waals surface area contributed by atoms with Gasteiger partial charge in [-0.05, 0) is 36.8 Å². The Hall–Kier alpha value is -2.30. The molecule has 1 aromatic carbocycles. The minimum absolute atomic E-state index is 0.0729. The maximum Gasteiger partial charge on any atom is 0.269 e. The highest BCUT2D eigenvalue weighted by Crippen LogP contribution is 2.21. The molecule has 124 valence electrons. The Morgan fingerprint density at radius 2 is 1.96 bits per heavy atom. The summed E-state index contributed by atoms with van der Waals surface area (Å²) in [6.07, 6.45) is 4.58. The average molecular weight is 315 g/mol.